The summed E-state index contributed by atoms with van der Waals surface area (Å²) in [6, 6.07) is 3.99. The molecule has 1 N–H and O–H groups in total. The van der Waals surface area contributed by atoms with Crippen LogP contribution in [0.25, 0.3) is 0 Å². The van der Waals surface area contributed by atoms with Crippen LogP contribution in [-0.4, -0.2) is 17.3 Å². The van der Waals surface area contributed by atoms with E-state index in [9.17, 15) is 13.2 Å². The standard InChI is InChI=1S/C12H13F3O2/c1-7-2-3-11(10(4-7)12(13,14)15)17-9-5-8(16)6-9/h2-4,8-9,16H,5-6H2,1H3. The highest BCUT2D eigenvalue weighted by molar-refractivity contribution is 5.39. The van der Waals surface area contributed by atoms with Crippen LogP contribution < -0.4 is 4.74 Å². The first kappa shape index (κ1) is 12.2. The summed E-state index contributed by atoms with van der Waals surface area (Å²) >= 11 is 0. The number of ether oxygens (including phenoxy) is 1. The van der Waals surface area contributed by atoms with E-state index in [1.807, 2.05) is 0 Å². The Balaban J connectivity index is 2.21. The summed E-state index contributed by atoms with van der Waals surface area (Å²) in [6.45, 7) is 1.60. The number of aliphatic hydroxyl groups excluding tert-OH is 1. The molecule has 1 aliphatic carbocycles. The largest absolute Gasteiger partial charge is 0.490 e. The van der Waals surface area contributed by atoms with Crippen LogP contribution in [0.3, 0.4) is 0 Å². The maximum atomic E-state index is 12.7. The van der Waals surface area contributed by atoms with Crippen molar-refractivity contribution in [1.82, 2.24) is 0 Å². The van der Waals surface area contributed by atoms with Crippen LogP contribution in [0.1, 0.15) is 24.0 Å². The van der Waals surface area contributed by atoms with Crippen LogP contribution in [0.15, 0.2) is 18.2 Å². The van der Waals surface area contributed by atoms with E-state index in [1.165, 1.54) is 6.07 Å². The van der Waals surface area contributed by atoms with Crippen molar-refractivity contribution in [2.24, 2.45) is 0 Å². The SMILES string of the molecule is Cc1ccc(OC2CC(O)C2)c(C(F)(F)F)c1. The second-order valence-corrected chi connectivity index (χ2v) is 4.36. The molecule has 0 spiro atoms. The molecule has 0 saturated heterocycles. The van der Waals surface area contributed by atoms with Gasteiger partial charge in [0, 0.05) is 12.8 Å². The Bertz CT molecular complexity index is 409. The molecule has 2 rings (SSSR count). The van der Waals surface area contributed by atoms with Gasteiger partial charge < -0.3 is 9.84 Å². The van der Waals surface area contributed by atoms with Gasteiger partial charge in [0.05, 0.1) is 11.7 Å². The zero-order valence-corrected chi connectivity index (χ0v) is 9.29. The van der Waals surface area contributed by atoms with E-state index in [4.69, 9.17) is 9.84 Å². The molecule has 0 radical (unpaired) electrons. The Morgan fingerprint density at radius 3 is 2.47 bits per heavy atom. The van der Waals surface area contributed by atoms with E-state index in [-0.39, 0.29) is 11.9 Å². The summed E-state index contributed by atoms with van der Waals surface area (Å²) in [4.78, 5) is 0. The van der Waals surface area contributed by atoms with Gasteiger partial charge in [-0.15, -0.1) is 0 Å². The Kier molecular flexibility index (Phi) is 3.03. The molecule has 0 amide bonds. The lowest BCUT2D eigenvalue weighted by atomic mass is 9.92. The molecule has 1 fully saturated rings. The zero-order valence-electron chi connectivity index (χ0n) is 9.29. The summed E-state index contributed by atoms with van der Waals surface area (Å²) in [5, 5.41) is 9.07. The van der Waals surface area contributed by atoms with E-state index in [2.05, 4.69) is 0 Å². The smallest absolute Gasteiger partial charge is 0.419 e. The Hall–Kier alpha value is -1.23. The Morgan fingerprint density at radius 2 is 1.94 bits per heavy atom. The summed E-state index contributed by atoms with van der Waals surface area (Å²) in [6.07, 6.45) is -4.38. The van der Waals surface area contributed by atoms with E-state index in [0.717, 1.165) is 6.07 Å². The minimum Gasteiger partial charge on any atom is -0.490 e. The number of rotatable bonds is 2. The number of halogens is 3. The number of benzene rings is 1. The lowest BCUT2D eigenvalue weighted by molar-refractivity contribution is -0.140. The molecular formula is C12H13F3O2. The van der Waals surface area contributed by atoms with Crippen molar-refractivity contribution in [2.75, 3.05) is 0 Å². The van der Waals surface area contributed by atoms with E-state index < -0.39 is 17.8 Å². The average molecular weight is 246 g/mol. The third-order valence-electron chi connectivity index (χ3n) is 2.80. The molecule has 94 valence electrons. The van der Waals surface area contributed by atoms with Gasteiger partial charge in [-0.05, 0) is 19.1 Å². The molecule has 0 bridgehead atoms. The molecule has 0 aliphatic heterocycles. The number of hydrogen-bond acceptors (Lipinski definition) is 2. The summed E-state index contributed by atoms with van der Waals surface area (Å²) < 4.78 is 43.5. The molecule has 0 heterocycles. The van der Waals surface area contributed by atoms with Gasteiger partial charge >= 0.3 is 6.18 Å². The predicted octanol–water partition coefficient (Wildman–Crippen LogP) is 2.92. The summed E-state index contributed by atoms with van der Waals surface area (Å²) in [5.41, 5.74) is -0.211. The van der Waals surface area contributed by atoms with Gasteiger partial charge in [0.25, 0.3) is 0 Å². The number of aliphatic hydroxyl groups is 1. The van der Waals surface area contributed by atoms with E-state index in [0.29, 0.717) is 18.4 Å². The van der Waals surface area contributed by atoms with Crippen molar-refractivity contribution in [3.8, 4) is 5.75 Å². The lowest BCUT2D eigenvalue weighted by Gasteiger charge is -2.32. The maximum Gasteiger partial charge on any atom is 0.419 e. The maximum absolute atomic E-state index is 12.7. The number of hydrogen-bond donors (Lipinski definition) is 1. The topological polar surface area (TPSA) is 29.5 Å². The highest BCUT2D eigenvalue weighted by atomic mass is 19.4. The van der Waals surface area contributed by atoms with Crippen molar-refractivity contribution < 1.29 is 23.0 Å². The summed E-state index contributed by atoms with van der Waals surface area (Å²) in [5.74, 6) is -0.153. The third-order valence-corrected chi connectivity index (χ3v) is 2.80. The first-order valence-corrected chi connectivity index (χ1v) is 5.39. The van der Waals surface area contributed by atoms with E-state index in [1.54, 1.807) is 13.0 Å². The first-order valence-electron chi connectivity index (χ1n) is 5.39. The van der Waals surface area contributed by atoms with Gasteiger partial charge in [-0.1, -0.05) is 11.6 Å². The molecule has 0 unspecified atom stereocenters. The van der Waals surface area contributed by atoms with Crippen molar-refractivity contribution in [2.45, 2.75) is 38.1 Å². The molecule has 0 atom stereocenters. The molecule has 1 aliphatic rings. The van der Waals surface area contributed by atoms with Crippen LogP contribution in [0.4, 0.5) is 13.2 Å². The molecule has 2 nitrogen and oxygen atoms in total. The van der Waals surface area contributed by atoms with Crippen molar-refractivity contribution in [1.29, 1.82) is 0 Å². The monoisotopic (exact) mass is 246 g/mol. The fourth-order valence-corrected chi connectivity index (χ4v) is 1.78. The molecule has 5 heteroatoms. The highest BCUT2D eigenvalue weighted by Crippen LogP contribution is 2.38. The quantitative estimate of drug-likeness (QED) is 0.869. The van der Waals surface area contributed by atoms with Crippen molar-refractivity contribution in [3.05, 3.63) is 29.3 Å². The normalized spacial score (nSPS) is 24.3. The predicted molar refractivity (Wildman–Crippen MR) is 55.8 cm³/mol. The first-order chi connectivity index (χ1) is 7.86. The van der Waals surface area contributed by atoms with Gasteiger partial charge in [-0.3, -0.25) is 0 Å². The van der Waals surface area contributed by atoms with Crippen LogP contribution in [0, 0.1) is 6.92 Å². The number of alkyl halides is 3. The molecule has 1 aromatic carbocycles. The Morgan fingerprint density at radius 1 is 1.29 bits per heavy atom. The Labute approximate surface area is 97.0 Å². The van der Waals surface area contributed by atoms with Crippen molar-refractivity contribution in [3.63, 3.8) is 0 Å². The second-order valence-electron chi connectivity index (χ2n) is 4.36. The molecule has 0 aromatic heterocycles. The number of aryl methyl sites for hydroxylation is 1. The zero-order chi connectivity index (χ0) is 12.6. The van der Waals surface area contributed by atoms with Crippen molar-refractivity contribution >= 4 is 0 Å². The van der Waals surface area contributed by atoms with Crippen LogP contribution in [0.5, 0.6) is 5.75 Å². The minimum absolute atomic E-state index is 0.153. The van der Waals surface area contributed by atoms with Crippen LogP contribution in [-0.2, 0) is 6.18 Å². The lowest BCUT2D eigenvalue weighted by Crippen LogP contribution is -2.37. The van der Waals surface area contributed by atoms with Crippen LogP contribution >= 0.6 is 0 Å². The third kappa shape index (κ3) is 2.72. The van der Waals surface area contributed by atoms with Gasteiger partial charge in [0.1, 0.15) is 11.9 Å². The fraction of sp³-hybridized carbons (Fsp3) is 0.500. The van der Waals surface area contributed by atoms with E-state index >= 15 is 0 Å². The van der Waals surface area contributed by atoms with Gasteiger partial charge in [-0.2, -0.15) is 13.2 Å². The highest BCUT2D eigenvalue weighted by Gasteiger charge is 2.36. The van der Waals surface area contributed by atoms with Crippen LogP contribution in [0.2, 0.25) is 0 Å². The molecular weight excluding hydrogens is 233 g/mol. The average Bonchev–Trinajstić information content (AvgIpc) is 2.16. The second kappa shape index (κ2) is 4.22. The van der Waals surface area contributed by atoms with Gasteiger partial charge in [0.2, 0.25) is 0 Å². The molecule has 1 aromatic rings. The molecule has 1 saturated carbocycles. The summed E-state index contributed by atoms with van der Waals surface area (Å²) in [7, 11) is 0. The van der Waals surface area contributed by atoms with Gasteiger partial charge in [-0.25, -0.2) is 0 Å². The minimum atomic E-state index is -4.41. The van der Waals surface area contributed by atoms with Gasteiger partial charge in [0.15, 0.2) is 0 Å². The fourth-order valence-electron chi connectivity index (χ4n) is 1.78. The molecule has 17 heavy (non-hydrogen) atoms.